The Hall–Kier alpha value is -1.93. The van der Waals surface area contributed by atoms with Gasteiger partial charge in [0.15, 0.2) is 5.65 Å². The predicted molar refractivity (Wildman–Crippen MR) is 124 cm³/mol. The first-order chi connectivity index (χ1) is 14.4. The summed E-state index contributed by atoms with van der Waals surface area (Å²) in [6.07, 6.45) is 0. The average molecular weight is 429 g/mol. The van der Waals surface area contributed by atoms with Crippen molar-refractivity contribution in [2.24, 2.45) is 5.92 Å². The van der Waals surface area contributed by atoms with Crippen LogP contribution in [0.1, 0.15) is 35.7 Å². The van der Waals surface area contributed by atoms with Crippen LogP contribution in [0.15, 0.2) is 6.07 Å². The second-order valence-corrected chi connectivity index (χ2v) is 9.96. The minimum Gasteiger partial charge on any atom is -0.354 e. The summed E-state index contributed by atoms with van der Waals surface area (Å²) < 4.78 is 0. The summed E-state index contributed by atoms with van der Waals surface area (Å²) in [7, 11) is 0. The van der Waals surface area contributed by atoms with Crippen molar-refractivity contribution in [3.63, 3.8) is 0 Å². The number of rotatable bonds is 4. The summed E-state index contributed by atoms with van der Waals surface area (Å²) in [4.78, 5) is 34.1. The standard InChI is InChI=1S/C22H32N6OS/c1-15(2)14-26-5-7-28(8-6-26)22(29)20-24-19-18(16(3)13-17(4)23-19)21(25-20)27-9-11-30-12-10-27/h13,15H,5-12,14H2,1-4H3. The number of aryl methyl sites for hydroxylation is 2. The molecule has 7 nitrogen and oxygen atoms in total. The van der Waals surface area contributed by atoms with Crippen molar-refractivity contribution < 1.29 is 4.79 Å². The van der Waals surface area contributed by atoms with E-state index >= 15 is 0 Å². The molecule has 4 heterocycles. The molecule has 0 atom stereocenters. The zero-order chi connectivity index (χ0) is 21.3. The largest absolute Gasteiger partial charge is 0.354 e. The topological polar surface area (TPSA) is 65.5 Å². The number of carbonyl (C=O) groups is 1. The van der Waals surface area contributed by atoms with E-state index in [0.717, 1.165) is 79.8 Å². The Balaban J connectivity index is 1.65. The fourth-order valence-corrected chi connectivity index (χ4v) is 5.25. The molecule has 0 saturated carbocycles. The monoisotopic (exact) mass is 428 g/mol. The van der Waals surface area contributed by atoms with Crippen molar-refractivity contribution in [2.45, 2.75) is 27.7 Å². The summed E-state index contributed by atoms with van der Waals surface area (Å²) in [5.41, 5.74) is 2.67. The molecular weight excluding hydrogens is 396 g/mol. The molecule has 0 radical (unpaired) electrons. The number of piperazine rings is 1. The van der Waals surface area contributed by atoms with E-state index in [1.54, 1.807) is 0 Å². The molecule has 0 unspecified atom stereocenters. The molecule has 0 spiro atoms. The average Bonchev–Trinajstić information content (AvgIpc) is 2.73. The van der Waals surface area contributed by atoms with Crippen LogP contribution in [-0.4, -0.2) is 88.0 Å². The van der Waals surface area contributed by atoms with E-state index < -0.39 is 0 Å². The lowest BCUT2D eigenvalue weighted by Gasteiger charge is -2.35. The Kier molecular flexibility index (Phi) is 6.43. The van der Waals surface area contributed by atoms with Gasteiger partial charge < -0.3 is 9.80 Å². The number of thioether (sulfide) groups is 1. The number of pyridine rings is 1. The maximum Gasteiger partial charge on any atom is 0.291 e. The molecular formula is C22H32N6OS. The first-order valence-electron chi connectivity index (χ1n) is 10.9. The molecule has 0 N–H and O–H groups in total. The highest BCUT2D eigenvalue weighted by Gasteiger charge is 2.27. The van der Waals surface area contributed by atoms with Crippen LogP contribution >= 0.6 is 11.8 Å². The molecule has 30 heavy (non-hydrogen) atoms. The highest BCUT2D eigenvalue weighted by Crippen LogP contribution is 2.29. The minimum absolute atomic E-state index is 0.0744. The lowest BCUT2D eigenvalue weighted by molar-refractivity contribution is 0.0612. The molecule has 162 valence electrons. The molecule has 0 aromatic carbocycles. The molecule has 4 rings (SSSR count). The van der Waals surface area contributed by atoms with Crippen LogP contribution in [0, 0.1) is 19.8 Å². The van der Waals surface area contributed by atoms with Crippen LogP contribution in [0.2, 0.25) is 0 Å². The Bertz CT molecular complexity index is 919. The van der Waals surface area contributed by atoms with Crippen LogP contribution in [0.5, 0.6) is 0 Å². The molecule has 2 saturated heterocycles. The fourth-order valence-electron chi connectivity index (χ4n) is 4.35. The predicted octanol–water partition coefficient (Wildman–Crippen LogP) is 2.61. The fraction of sp³-hybridized carbons (Fsp3) is 0.636. The molecule has 1 amide bonds. The smallest absolute Gasteiger partial charge is 0.291 e. The number of carbonyl (C=O) groups excluding carboxylic acids is 1. The van der Waals surface area contributed by atoms with Crippen molar-refractivity contribution >= 4 is 34.5 Å². The van der Waals surface area contributed by atoms with E-state index in [1.165, 1.54) is 0 Å². The Morgan fingerprint density at radius 3 is 2.40 bits per heavy atom. The zero-order valence-electron chi connectivity index (χ0n) is 18.5. The maximum atomic E-state index is 13.3. The summed E-state index contributed by atoms with van der Waals surface area (Å²) in [5.74, 6) is 3.86. The van der Waals surface area contributed by atoms with Crippen LogP contribution in [0.3, 0.4) is 0 Å². The Morgan fingerprint density at radius 2 is 1.73 bits per heavy atom. The molecule has 2 aromatic rings. The molecule has 0 aliphatic carbocycles. The molecule has 2 aliphatic rings. The normalized spacial score (nSPS) is 18.4. The van der Waals surface area contributed by atoms with E-state index in [9.17, 15) is 4.79 Å². The molecule has 0 bridgehead atoms. The number of fused-ring (bicyclic) bond motifs is 1. The van der Waals surface area contributed by atoms with Gasteiger partial charge in [-0.15, -0.1) is 0 Å². The first-order valence-corrected chi connectivity index (χ1v) is 12.1. The van der Waals surface area contributed by atoms with Crippen molar-refractivity contribution in [2.75, 3.05) is 62.2 Å². The summed E-state index contributed by atoms with van der Waals surface area (Å²) in [5, 5.41) is 0.978. The lowest BCUT2D eigenvalue weighted by atomic mass is 10.1. The van der Waals surface area contributed by atoms with Gasteiger partial charge >= 0.3 is 0 Å². The molecule has 2 aromatic heterocycles. The number of hydrogen-bond donors (Lipinski definition) is 0. The van der Waals surface area contributed by atoms with Gasteiger partial charge in [-0.1, -0.05) is 13.8 Å². The molecule has 8 heteroatoms. The quantitative estimate of drug-likeness (QED) is 0.742. The van der Waals surface area contributed by atoms with Gasteiger partial charge in [-0.2, -0.15) is 11.8 Å². The highest BCUT2D eigenvalue weighted by molar-refractivity contribution is 7.99. The van der Waals surface area contributed by atoms with Crippen molar-refractivity contribution in [3.05, 3.63) is 23.1 Å². The van der Waals surface area contributed by atoms with Gasteiger partial charge in [0, 0.05) is 63.0 Å². The van der Waals surface area contributed by atoms with E-state index in [-0.39, 0.29) is 11.7 Å². The van der Waals surface area contributed by atoms with E-state index in [1.807, 2.05) is 23.6 Å². The van der Waals surface area contributed by atoms with E-state index in [0.29, 0.717) is 11.6 Å². The summed E-state index contributed by atoms with van der Waals surface area (Å²) in [6, 6.07) is 2.07. The maximum absolute atomic E-state index is 13.3. The number of anilines is 1. The van der Waals surface area contributed by atoms with Gasteiger partial charge in [-0.25, -0.2) is 15.0 Å². The van der Waals surface area contributed by atoms with Gasteiger partial charge in [0.25, 0.3) is 5.91 Å². The Morgan fingerprint density at radius 1 is 1.03 bits per heavy atom. The number of nitrogens with zero attached hydrogens (tertiary/aromatic N) is 6. The third-order valence-corrected chi connectivity index (χ3v) is 6.70. The first kappa shape index (κ1) is 21.3. The van der Waals surface area contributed by atoms with Gasteiger partial charge in [0.1, 0.15) is 5.82 Å². The van der Waals surface area contributed by atoms with Crippen molar-refractivity contribution in [3.8, 4) is 0 Å². The minimum atomic E-state index is -0.0744. The lowest BCUT2D eigenvalue weighted by Crippen LogP contribution is -2.49. The second-order valence-electron chi connectivity index (χ2n) is 8.74. The summed E-state index contributed by atoms with van der Waals surface area (Å²) >= 11 is 1.96. The summed E-state index contributed by atoms with van der Waals surface area (Å²) in [6.45, 7) is 14.7. The second kappa shape index (κ2) is 9.06. The van der Waals surface area contributed by atoms with Crippen LogP contribution in [0.25, 0.3) is 11.0 Å². The van der Waals surface area contributed by atoms with Crippen LogP contribution in [0.4, 0.5) is 5.82 Å². The van der Waals surface area contributed by atoms with Crippen LogP contribution in [-0.2, 0) is 0 Å². The SMILES string of the molecule is Cc1cc(C)c2c(N3CCSCC3)nc(C(=O)N3CCN(CC(C)C)CC3)nc2n1. The Labute approximate surface area is 183 Å². The zero-order valence-corrected chi connectivity index (χ0v) is 19.3. The van der Waals surface area contributed by atoms with Gasteiger partial charge in [0.2, 0.25) is 5.82 Å². The third kappa shape index (κ3) is 4.54. The third-order valence-electron chi connectivity index (χ3n) is 5.76. The number of amides is 1. The van der Waals surface area contributed by atoms with E-state index in [2.05, 4.69) is 46.6 Å². The van der Waals surface area contributed by atoms with Gasteiger partial charge in [-0.3, -0.25) is 9.69 Å². The van der Waals surface area contributed by atoms with Gasteiger partial charge in [-0.05, 0) is 31.4 Å². The number of hydrogen-bond acceptors (Lipinski definition) is 7. The van der Waals surface area contributed by atoms with Crippen LogP contribution < -0.4 is 4.90 Å². The molecule has 2 aliphatic heterocycles. The highest BCUT2D eigenvalue weighted by atomic mass is 32.2. The van der Waals surface area contributed by atoms with Crippen molar-refractivity contribution in [1.82, 2.24) is 24.8 Å². The van der Waals surface area contributed by atoms with Crippen molar-refractivity contribution in [1.29, 1.82) is 0 Å². The molecule has 2 fully saturated rings. The van der Waals surface area contributed by atoms with Gasteiger partial charge in [0.05, 0.1) is 5.39 Å². The number of aromatic nitrogens is 3. The van der Waals surface area contributed by atoms with E-state index in [4.69, 9.17) is 4.98 Å².